The van der Waals surface area contributed by atoms with Gasteiger partial charge in [0.25, 0.3) is 0 Å². The molecule has 1 aliphatic heterocycles. The van der Waals surface area contributed by atoms with Gasteiger partial charge in [0.15, 0.2) is 5.82 Å². The summed E-state index contributed by atoms with van der Waals surface area (Å²) in [4.78, 5) is 10.7. The van der Waals surface area contributed by atoms with Crippen molar-refractivity contribution < 1.29 is 0 Å². The molecule has 0 bridgehead atoms. The van der Waals surface area contributed by atoms with Crippen LogP contribution in [0, 0.1) is 0 Å². The number of nitrogens with zero attached hydrogens (tertiary/aromatic N) is 2. The van der Waals surface area contributed by atoms with Crippen molar-refractivity contribution in [1.82, 2.24) is 9.97 Å². The zero-order chi connectivity index (χ0) is 34.1. The van der Waals surface area contributed by atoms with Crippen molar-refractivity contribution in [2.45, 2.75) is 13.1 Å². The molecule has 8 aromatic carbocycles. The maximum Gasteiger partial charge on any atom is 0.159 e. The molecule has 3 heteroatoms. The van der Waals surface area contributed by atoms with Gasteiger partial charge >= 0.3 is 0 Å². The van der Waals surface area contributed by atoms with E-state index in [-0.39, 0.29) is 0 Å². The molecule has 1 aromatic heterocycles. The lowest BCUT2D eigenvalue weighted by atomic mass is 9.91. The average Bonchev–Trinajstić information content (AvgIpc) is 3.43. The monoisotopic (exact) mass is 666 g/mol. The molecule has 0 saturated carbocycles. The molecular weight excluding hydrogens is 633 g/mol. The van der Waals surface area contributed by atoms with Crippen LogP contribution in [0.1, 0.15) is 0 Å². The topological polar surface area (TPSA) is 25.8 Å². The highest BCUT2D eigenvalue weighted by molar-refractivity contribution is 7.03. The first-order valence-corrected chi connectivity index (χ1v) is 20.7. The second-order valence-electron chi connectivity index (χ2n) is 14.2. The van der Waals surface area contributed by atoms with Crippen molar-refractivity contribution in [3.63, 3.8) is 0 Å². The molecule has 0 spiro atoms. The van der Waals surface area contributed by atoms with Gasteiger partial charge in [0, 0.05) is 22.0 Å². The Kier molecular flexibility index (Phi) is 6.67. The molecule has 1 aliphatic rings. The Morgan fingerprint density at radius 1 is 0.373 bits per heavy atom. The molecular formula is C48H34N2Si. The molecule has 10 rings (SSSR count). The van der Waals surface area contributed by atoms with Crippen LogP contribution in [-0.4, -0.2) is 18.0 Å². The summed E-state index contributed by atoms with van der Waals surface area (Å²) < 4.78 is 0. The van der Waals surface area contributed by atoms with E-state index in [2.05, 4.69) is 183 Å². The van der Waals surface area contributed by atoms with Gasteiger partial charge in [-0.15, -0.1) is 0 Å². The summed E-state index contributed by atoms with van der Waals surface area (Å²) in [5.74, 6) is 0.785. The quantitative estimate of drug-likeness (QED) is 0.138. The summed E-state index contributed by atoms with van der Waals surface area (Å²) in [7, 11) is -2.04. The number of aromatic nitrogens is 2. The maximum absolute atomic E-state index is 5.40. The highest BCUT2D eigenvalue weighted by Crippen LogP contribution is 2.39. The van der Waals surface area contributed by atoms with Gasteiger partial charge in [0.05, 0.1) is 5.69 Å². The van der Waals surface area contributed by atoms with Crippen LogP contribution in [0.15, 0.2) is 170 Å². The molecule has 0 aliphatic carbocycles. The minimum absolute atomic E-state index is 0.785. The van der Waals surface area contributed by atoms with E-state index in [1.807, 2.05) is 0 Å². The van der Waals surface area contributed by atoms with Gasteiger partial charge in [-0.25, -0.2) is 9.97 Å². The highest BCUT2D eigenvalue weighted by atomic mass is 28.3. The van der Waals surface area contributed by atoms with Crippen LogP contribution in [0.4, 0.5) is 0 Å². The summed E-state index contributed by atoms with van der Waals surface area (Å²) in [6.45, 7) is 4.84. The fraction of sp³-hybridized carbons (Fsp3) is 0.0417. The summed E-state index contributed by atoms with van der Waals surface area (Å²) >= 11 is 0. The van der Waals surface area contributed by atoms with E-state index in [0.717, 1.165) is 28.2 Å². The van der Waals surface area contributed by atoms with E-state index >= 15 is 0 Å². The van der Waals surface area contributed by atoms with Crippen LogP contribution < -0.4 is 10.5 Å². The minimum Gasteiger partial charge on any atom is -0.237 e. The average molecular weight is 667 g/mol. The molecule has 0 amide bonds. The van der Waals surface area contributed by atoms with E-state index in [0.29, 0.717) is 0 Å². The molecule has 0 radical (unpaired) electrons. The Morgan fingerprint density at radius 2 is 0.863 bits per heavy atom. The first kappa shape index (κ1) is 29.7. The zero-order valence-electron chi connectivity index (χ0n) is 28.6. The van der Waals surface area contributed by atoms with Gasteiger partial charge in [-0.3, -0.25) is 0 Å². The molecule has 0 fully saturated rings. The smallest absolute Gasteiger partial charge is 0.159 e. The normalized spacial score (nSPS) is 13.1. The fourth-order valence-electron chi connectivity index (χ4n) is 8.28. The molecule has 51 heavy (non-hydrogen) atoms. The Labute approximate surface area is 298 Å². The Hall–Kier alpha value is -6.16. The van der Waals surface area contributed by atoms with Crippen molar-refractivity contribution >= 4 is 50.9 Å². The lowest BCUT2D eigenvalue weighted by Gasteiger charge is -2.19. The van der Waals surface area contributed by atoms with Gasteiger partial charge in [0.2, 0.25) is 0 Å². The predicted octanol–water partition coefficient (Wildman–Crippen LogP) is 11.4. The largest absolute Gasteiger partial charge is 0.237 e. The molecule has 0 N–H and O–H groups in total. The molecule has 2 heterocycles. The first-order chi connectivity index (χ1) is 25.0. The van der Waals surface area contributed by atoms with E-state index in [4.69, 9.17) is 9.97 Å². The van der Waals surface area contributed by atoms with Gasteiger partial charge in [-0.05, 0) is 83.5 Å². The van der Waals surface area contributed by atoms with Gasteiger partial charge in [-0.1, -0.05) is 165 Å². The second kappa shape index (κ2) is 11.4. The number of hydrogen-bond donors (Lipinski definition) is 0. The highest BCUT2D eigenvalue weighted by Gasteiger charge is 2.41. The third-order valence-corrected chi connectivity index (χ3v) is 14.1. The molecule has 0 saturated heterocycles. The summed E-state index contributed by atoms with van der Waals surface area (Å²) in [5, 5.41) is 10.4. The lowest BCUT2D eigenvalue weighted by Crippen LogP contribution is -2.50. The standard InChI is InChI=1S/C48H34N2Si/c1-51(2)44-25-11-10-24-42(44)45-46(31-14-4-3-5-15-31)49-47(50-48(45)51)36-19-13-18-34(29-36)32-16-12-17-33(28-32)35-26-27-41-39-22-7-6-20-37(39)38-21-8-9-23-40(38)43(41)30-35/h3-30H,1-2H3. The predicted molar refractivity (Wildman–Crippen MR) is 218 cm³/mol. The van der Waals surface area contributed by atoms with Crippen LogP contribution in [0.25, 0.3) is 88.3 Å². The zero-order valence-corrected chi connectivity index (χ0v) is 29.6. The molecule has 0 atom stereocenters. The Morgan fingerprint density at radius 3 is 1.53 bits per heavy atom. The molecule has 9 aromatic rings. The minimum atomic E-state index is -2.04. The van der Waals surface area contributed by atoms with Crippen LogP contribution in [0.5, 0.6) is 0 Å². The van der Waals surface area contributed by atoms with Crippen molar-refractivity contribution in [3.8, 4) is 56.0 Å². The Bertz CT molecular complexity index is 2800. The van der Waals surface area contributed by atoms with Gasteiger partial charge in [0.1, 0.15) is 8.07 Å². The summed E-state index contributed by atoms with van der Waals surface area (Å²) in [5.41, 5.74) is 10.4. The number of fused-ring (bicyclic) bond motifs is 9. The van der Waals surface area contributed by atoms with E-state index in [9.17, 15) is 0 Å². The number of hydrogen-bond acceptors (Lipinski definition) is 2. The molecule has 0 unspecified atom stereocenters. The van der Waals surface area contributed by atoms with Gasteiger partial charge in [-0.2, -0.15) is 0 Å². The van der Waals surface area contributed by atoms with Crippen molar-refractivity contribution in [1.29, 1.82) is 0 Å². The fourth-order valence-corrected chi connectivity index (χ4v) is 11.2. The number of rotatable bonds is 4. The molecule has 240 valence electrons. The lowest BCUT2D eigenvalue weighted by molar-refractivity contribution is 1.21. The van der Waals surface area contributed by atoms with Crippen molar-refractivity contribution in [2.75, 3.05) is 0 Å². The van der Waals surface area contributed by atoms with Crippen LogP contribution in [0.2, 0.25) is 13.1 Å². The second-order valence-corrected chi connectivity index (χ2v) is 18.4. The first-order valence-electron chi connectivity index (χ1n) is 17.7. The van der Waals surface area contributed by atoms with E-state index in [1.165, 1.54) is 70.6 Å². The number of benzene rings is 8. The SMILES string of the molecule is C[Si]1(C)c2ccccc2-c2c(-c3ccccc3)nc(-c3cccc(-c4cccc(-c5ccc6c7ccccc7c7ccccc7c6c5)c4)c3)nc21. The van der Waals surface area contributed by atoms with E-state index < -0.39 is 8.07 Å². The van der Waals surface area contributed by atoms with Crippen LogP contribution in [-0.2, 0) is 0 Å². The summed E-state index contributed by atoms with van der Waals surface area (Å²) in [6.07, 6.45) is 0. The summed E-state index contributed by atoms with van der Waals surface area (Å²) in [6, 6.07) is 61.6. The third-order valence-electron chi connectivity index (χ3n) is 10.8. The molecule has 2 nitrogen and oxygen atoms in total. The maximum atomic E-state index is 5.40. The van der Waals surface area contributed by atoms with Crippen molar-refractivity contribution in [3.05, 3.63) is 170 Å². The third kappa shape index (κ3) is 4.70. The van der Waals surface area contributed by atoms with Crippen LogP contribution in [0.3, 0.4) is 0 Å². The Balaban J connectivity index is 1.09. The van der Waals surface area contributed by atoms with Crippen LogP contribution >= 0.6 is 0 Å². The van der Waals surface area contributed by atoms with Crippen molar-refractivity contribution in [2.24, 2.45) is 0 Å². The van der Waals surface area contributed by atoms with Gasteiger partial charge < -0.3 is 0 Å². The van der Waals surface area contributed by atoms with E-state index in [1.54, 1.807) is 0 Å².